The second-order valence-corrected chi connectivity index (χ2v) is 6.71. The molecule has 124 valence electrons. The van der Waals surface area contributed by atoms with Gasteiger partial charge in [-0.25, -0.2) is 4.57 Å². The van der Waals surface area contributed by atoms with Gasteiger partial charge in [-0.15, -0.1) is 0 Å². The Kier molecular flexibility index (Phi) is 5.31. The van der Waals surface area contributed by atoms with Crippen molar-refractivity contribution in [2.24, 2.45) is 0 Å². The number of anilines is 1. The third kappa shape index (κ3) is 4.99. The van der Waals surface area contributed by atoms with Gasteiger partial charge in [0.05, 0.1) is 5.69 Å². The highest BCUT2D eigenvalue weighted by Gasteiger charge is 2.18. The van der Waals surface area contributed by atoms with Crippen LogP contribution >= 0.6 is 7.75 Å². The van der Waals surface area contributed by atoms with Crippen LogP contribution in [-0.2, 0) is 11.0 Å². The predicted molar refractivity (Wildman–Crippen MR) is 88.6 cm³/mol. The van der Waals surface area contributed by atoms with Crippen LogP contribution in [0.25, 0.3) is 0 Å². The van der Waals surface area contributed by atoms with Gasteiger partial charge in [-0.1, -0.05) is 25.1 Å². The molecule has 0 radical (unpaired) electrons. The molecule has 2 aromatic rings. The first kappa shape index (κ1) is 17.3. The molecule has 0 bridgehead atoms. The molecule has 6 nitrogen and oxygen atoms in total. The molecule has 0 aliphatic heterocycles. The lowest BCUT2D eigenvalue weighted by Gasteiger charge is -2.19. The Hall–Kier alpha value is -2.01. The summed E-state index contributed by atoms with van der Waals surface area (Å²) in [6.07, 6.45) is 1.37. The van der Waals surface area contributed by atoms with Crippen molar-refractivity contribution in [3.8, 4) is 11.5 Å². The zero-order valence-electron chi connectivity index (χ0n) is 12.7. The molecule has 0 saturated carbocycles. The number of aromatic hydroxyl groups is 2. The van der Waals surface area contributed by atoms with Crippen LogP contribution in [-0.4, -0.2) is 20.0 Å². The summed E-state index contributed by atoms with van der Waals surface area (Å²) in [4.78, 5) is 18.2. The van der Waals surface area contributed by atoms with E-state index in [9.17, 15) is 14.8 Å². The maximum Gasteiger partial charge on any atom is 0.427 e. The smallest absolute Gasteiger partial charge is 0.427 e. The minimum absolute atomic E-state index is 0.0672. The predicted octanol–water partition coefficient (Wildman–Crippen LogP) is 3.34. The third-order valence-electron chi connectivity index (χ3n) is 3.68. The van der Waals surface area contributed by atoms with Crippen molar-refractivity contribution in [2.75, 3.05) is 5.09 Å². The van der Waals surface area contributed by atoms with Crippen molar-refractivity contribution in [1.82, 2.24) is 0 Å². The highest BCUT2D eigenvalue weighted by atomic mass is 31.2. The van der Waals surface area contributed by atoms with Gasteiger partial charge in [0.2, 0.25) is 0 Å². The lowest BCUT2D eigenvalue weighted by atomic mass is 9.89. The zero-order chi connectivity index (χ0) is 17.0. The molecule has 0 aliphatic carbocycles. The van der Waals surface area contributed by atoms with E-state index in [1.807, 2.05) is 19.1 Å². The molecule has 0 heterocycles. The fourth-order valence-corrected chi connectivity index (χ4v) is 3.04. The Balaban J connectivity index is 2.30. The molecule has 0 fully saturated rings. The maximum atomic E-state index is 11.2. The fourth-order valence-electron chi connectivity index (χ4n) is 2.51. The summed E-state index contributed by atoms with van der Waals surface area (Å²) in [7, 11) is -4.46. The standard InChI is InChI=1S/C16H20NO5P/c1-2-11(12-3-6-14(18)7-4-12)9-13-5-8-15(19)10-16(13)17-23(20,21)22/h3-8,10-11,18-19H,2,9H2,1H3,(H3,17,20,21,22). The molecular formula is C16H20NO5P. The van der Waals surface area contributed by atoms with Gasteiger partial charge >= 0.3 is 7.75 Å². The highest BCUT2D eigenvalue weighted by Crippen LogP contribution is 2.39. The van der Waals surface area contributed by atoms with E-state index in [0.29, 0.717) is 12.0 Å². The number of phenols is 2. The first-order valence-electron chi connectivity index (χ1n) is 7.23. The first-order chi connectivity index (χ1) is 10.8. The lowest BCUT2D eigenvalue weighted by Crippen LogP contribution is -2.05. The van der Waals surface area contributed by atoms with Crippen molar-refractivity contribution < 1.29 is 24.6 Å². The summed E-state index contributed by atoms with van der Waals surface area (Å²) in [5.41, 5.74) is 1.95. The van der Waals surface area contributed by atoms with Crippen molar-refractivity contribution in [3.63, 3.8) is 0 Å². The monoisotopic (exact) mass is 337 g/mol. The number of hydrogen-bond acceptors (Lipinski definition) is 3. The van der Waals surface area contributed by atoms with Gasteiger partial charge in [-0.2, -0.15) is 0 Å². The van der Waals surface area contributed by atoms with E-state index in [0.717, 1.165) is 12.0 Å². The van der Waals surface area contributed by atoms with Gasteiger partial charge in [0.15, 0.2) is 0 Å². The number of nitrogens with one attached hydrogen (secondary N) is 1. The summed E-state index contributed by atoms with van der Waals surface area (Å²) in [6, 6.07) is 11.3. The van der Waals surface area contributed by atoms with Gasteiger partial charge in [0.25, 0.3) is 0 Å². The van der Waals surface area contributed by atoms with Crippen LogP contribution in [0.2, 0.25) is 0 Å². The largest absolute Gasteiger partial charge is 0.508 e. The van der Waals surface area contributed by atoms with Crippen molar-refractivity contribution in [1.29, 1.82) is 0 Å². The zero-order valence-corrected chi connectivity index (χ0v) is 13.6. The average Bonchev–Trinajstić information content (AvgIpc) is 2.46. The van der Waals surface area contributed by atoms with Crippen molar-refractivity contribution in [2.45, 2.75) is 25.7 Å². The van der Waals surface area contributed by atoms with E-state index in [2.05, 4.69) is 5.09 Å². The molecule has 23 heavy (non-hydrogen) atoms. The minimum atomic E-state index is -4.46. The van der Waals surface area contributed by atoms with E-state index < -0.39 is 7.75 Å². The summed E-state index contributed by atoms with van der Waals surface area (Å²) in [5.74, 6) is 0.247. The molecule has 1 unspecified atom stereocenters. The topological polar surface area (TPSA) is 110 Å². The summed E-state index contributed by atoms with van der Waals surface area (Å²) in [6.45, 7) is 2.02. The molecule has 1 atom stereocenters. The van der Waals surface area contributed by atoms with E-state index >= 15 is 0 Å². The average molecular weight is 337 g/mol. The third-order valence-corrected chi connectivity index (χ3v) is 4.22. The fraction of sp³-hybridized carbons (Fsp3) is 0.250. The second-order valence-electron chi connectivity index (χ2n) is 5.40. The van der Waals surface area contributed by atoms with E-state index in [-0.39, 0.29) is 23.1 Å². The number of hydrogen-bond donors (Lipinski definition) is 5. The highest BCUT2D eigenvalue weighted by molar-refractivity contribution is 7.53. The Morgan fingerprint density at radius 1 is 1.04 bits per heavy atom. The Morgan fingerprint density at radius 2 is 1.65 bits per heavy atom. The molecule has 0 spiro atoms. The van der Waals surface area contributed by atoms with Gasteiger partial charge in [-0.3, -0.25) is 5.09 Å². The van der Waals surface area contributed by atoms with E-state index in [1.54, 1.807) is 18.2 Å². The molecule has 7 heteroatoms. The molecule has 0 saturated heterocycles. The van der Waals surface area contributed by atoms with Crippen LogP contribution in [0.4, 0.5) is 5.69 Å². The molecule has 5 N–H and O–H groups in total. The van der Waals surface area contributed by atoms with Crippen LogP contribution in [0.3, 0.4) is 0 Å². The van der Waals surface area contributed by atoms with Crippen LogP contribution in [0, 0.1) is 0 Å². The van der Waals surface area contributed by atoms with Gasteiger partial charge in [0.1, 0.15) is 11.5 Å². The summed E-state index contributed by atoms with van der Waals surface area (Å²) < 4.78 is 11.2. The first-order valence-corrected chi connectivity index (χ1v) is 8.84. The van der Waals surface area contributed by atoms with Gasteiger partial charge in [-0.05, 0) is 48.1 Å². The Bertz CT molecular complexity index is 711. The van der Waals surface area contributed by atoms with Crippen molar-refractivity contribution >= 4 is 13.4 Å². The normalized spacial score (nSPS) is 12.8. The Labute approximate surface area is 134 Å². The van der Waals surface area contributed by atoms with E-state index in [1.165, 1.54) is 12.1 Å². The van der Waals surface area contributed by atoms with Crippen LogP contribution in [0.5, 0.6) is 11.5 Å². The second kappa shape index (κ2) is 7.04. The van der Waals surface area contributed by atoms with E-state index in [4.69, 9.17) is 9.79 Å². The summed E-state index contributed by atoms with van der Waals surface area (Å²) >= 11 is 0. The van der Waals surface area contributed by atoms with Gasteiger partial charge in [0, 0.05) is 6.07 Å². The molecule has 0 aliphatic rings. The summed E-state index contributed by atoms with van der Waals surface area (Å²) in [5, 5.41) is 21.1. The van der Waals surface area contributed by atoms with Crippen LogP contribution in [0.15, 0.2) is 42.5 Å². The van der Waals surface area contributed by atoms with Gasteiger partial charge < -0.3 is 20.0 Å². The molecular weight excluding hydrogens is 317 g/mol. The molecule has 2 aromatic carbocycles. The molecule has 2 rings (SSSR count). The maximum absolute atomic E-state index is 11.2. The van der Waals surface area contributed by atoms with Crippen LogP contribution in [0.1, 0.15) is 30.4 Å². The Morgan fingerprint density at radius 3 is 2.22 bits per heavy atom. The molecule has 0 aromatic heterocycles. The molecule has 0 amide bonds. The number of benzene rings is 2. The van der Waals surface area contributed by atoms with Crippen molar-refractivity contribution in [3.05, 3.63) is 53.6 Å². The number of rotatable bonds is 6. The lowest BCUT2D eigenvalue weighted by molar-refractivity contribution is 0.380. The minimum Gasteiger partial charge on any atom is -0.508 e. The quantitative estimate of drug-likeness (QED) is 0.517. The SMILES string of the molecule is CCC(Cc1ccc(O)cc1NP(=O)(O)O)c1ccc(O)cc1. The van der Waals surface area contributed by atoms with Crippen LogP contribution < -0.4 is 5.09 Å². The number of phenolic OH excluding ortho intramolecular Hbond substituents is 2.